The van der Waals surface area contributed by atoms with Crippen LogP contribution in [0.5, 0.6) is 0 Å². The van der Waals surface area contributed by atoms with Crippen molar-refractivity contribution >= 4 is 47.6 Å². The fourth-order valence-corrected chi connectivity index (χ4v) is 3.91. The molecule has 1 saturated heterocycles. The molecule has 2 N–H and O–H groups in total. The highest BCUT2D eigenvalue weighted by atomic mass is 127. The SMILES string of the molecule is CN=C(NCCNC(=O)Cc1cccc(F)c1)N1CCSC(C)(C)C1.I. The zero-order valence-electron chi connectivity index (χ0n) is 15.5. The van der Waals surface area contributed by atoms with Crippen molar-refractivity contribution in [3.05, 3.63) is 35.6 Å². The molecule has 146 valence electrons. The summed E-state index contributed by atoms with van der Waals surface area (Å²) in [6.45, 7) is 7.50. The molecule has 1 aromatic carbocycles. The molecule has 0 aromatic heterocycles. The van der Waals surface area contributed by atoms with Crippen LogP contribution in [-0.2, 0) is 11.2 Å². The minimum absolute atomic E-state index is 0. The van der Waals surface area contributed by atoms with Gasteiger partial charge >= 0.3 is 0 Å². The van der Waals surface area contributed by atoms with E-state index in [9.17, 15) is 9.18 Å². The lowest BCUT2D eigenvalue weighted by Gasteiger charge is -2.39. The van der Waals surface area contributed by atoms with Gasteiger partial charge in [-0.15, -0.1) is 24.0 Å². The summed E-state index contributed by atoms with van der Waals surface area (Å²) in [4.78, 5) is 18.5. The van der Waals surface area contributed by atoms with Crippen molar-refractivity contribution in [3.8, 4) is 0 Å². The Morgan fingerprint density at radius 3 is 2.73 bits per heavy atom. The standard InChI is InChI=1S/C18H27FN4OS.HI/c1-18(2)13-23(9-10-25-18)17(20-3)22-8-7-21-16(24)12-14-5-4-6-15(19)11-14;/h4-6,11H,7-10,12-13H2,1-3H3,(H,20,22)(H,21,24);1H. The highest BCUT2D eigenvalue weighted by Crippen LogP contribution is 2.29. The summed E-state index contributed by atoms with van der Waals surface area (Å²) in [5.41, 5.74) is 0.675. The van der Waals surface area contributed by atoms with E-state index in [4.69, 9.17) is 0 Å². The van der Waals surface area contributed by atoms with Crippen LogP contribution in [0.4, 0.5) is 4.39 Å². The largest absolute Gasteiger partial charge is 0.354 e. The van der Waals surface area contributed by atoms with E-state index in [1.807, 2.05) is 11.8 Å². The Bertz CT molecular complexity index is 627. The molecule has 26 heavy (non-hydrogen) atoms. The Morgan fingerprint density at radius 2 is 2.08 bits per heavy atom. The summed E-state index contributed by atoms with van der Waals surface area (Å²) in [7, 11) is 1.78. The van der Waals surface area contributed by atoms with Crippen LogP contribution in [0.3, 0.4) is 0 Å². The average molecular weight is 494 g/mol. The predicted molar refractivity (Wildman–Crippen MR) is 118 cm³/mol. The molecule has 0 unspecified atom stereocenters. The number of aliphatic imine (C=N–C) groups is 1. The first kappa shape index (κ1) is 23.0. The van der Waals surface area contributed by atoms with Crippen LogP contribution < -0.4 is 10.6 Å². The molecule has 0 radical (unpaired) electrons. The van der Waals surface area contributed by atoms with Gasteiger partial charge in [0.1, 0.15) is 5.82 Å². The van der Waals surface area contributed by atoms with Gasteiger partial charge in [0.05, 0.1) is 6.42 Å². The van der Waals surface area contributed by atoms with Crippen molar-refractivity contribution in [2.24, 2.45) is 4.99 Å². The first-order valence-corrected chi connectivity index (χ1v) is 9.49. The Morgan fingerprint density at radius 1 is 1.35 bits per heavy atom. The Kier molecular flexibility index (Phi) is 9.70. The lowest BCUT2D eigenvalue weighted by Crippen LogP contribution is -2.51. The Balaban J connectivity index is 0.00000338. The molecule has 0 aliphatic carbocycles. The summed E-state index contributed by atoms with van der Waals surface area (Å²) < 4.78 is 13.3. The second kappa shape index (κ2) is 11.0. The molecule has 8 heteroatoms. The first-order valence-electron chi connectivity index (χ1n) is 8.50. The number of nitrogens with one attached hydrogen (secondary N) is 2. The maximum absolute atomic E-state index is 13.1. The molecule has 1 fully saturated rings. The van der Waals surface area contributed by atoms with E-state index in [1.54, 1.807) is 19.2 Å². The van der Waals surface area contributed by atoms with E-state index in [-0.39, 0.29) is 46.9 Å². The van der Waals surface area contributed by atoms with E-state index in [0.29, 0.717) is 18.7 Å². The molecule has 0 atom stereocenters. The van der Waals surface area contributed by atoms with Crippen LogP contribution in [-0.4, -0.2) is 60.5 Å². The van der Waals surface area contributed by atoms with Crippen LogP contribution in [0.2, 0.25) is 0 Å². The zero-order valence-corrected chi connectivity index (χ0v) is 18.7. The number of hydrogen-bond donors (Lipinski definition) is 2. The van der Waals surface area contributed by atoms with Gasteiger partial charge in [-0.05, 0) is 31.5 Å². The molecule has 2 rings (SSSR count). The van der Waals surface area contributed by atoms with E-state index in [2.05, 4.69) is 34.4 Å². The summed E-state index contributed by atoms with van der Waals surface area (Å²) in [6, 6.07) is 6.12. The summed E-state index contributed by atoms with van der Waals surface area (Å²) in [5.74, 6) is 1.52. The van der Waals surface area contributed by atoms with Gasteiger partial charge in [0.15, 0.2) is 5.96 Å². The highest BCUT2D eigenvalue weighted by Gasteiger charge is 2.28. The third kappa shape index (κ3) is 7.69. The number of guanidine groups is 1. The summed E-state index contributed by atoms with van der Waals surface area (Å²) in [5, 5.41) is 6.14. The summed E-state index contributed by atoms with van der Waals surface area (Å²) >= 11 is 1.98. The third-order valence-corrected chi connectivity index (χ3v) is 5.22. The van der Waals surface area contributed by atoms with Crippen LogP contribution in [0.25, 0.3) is 0 Å². The quantitative estimate of drug-likeness (QED) is 0.286. The van der Waals surface area contributed by atoms with Crippen molar-refractivity contribution < 1.29 is 9.18 Å². The average Bonchev–Trinajstić information content (AvgIpc) is 2.54. The lowest BCUT2D eigenvalue weighted by atomic mass is 10.1. The molecule has 1 aromatic rings. The zero-order chi connectivity index (χ0) is 18.3. The summed E-state index contributed by atoms with van der Waals surface area (Å²) in [6.07, 6.45) is 0.185. The monoisotopic (exact) mass is 494 g/mol. The molecule has 1 heterocycles. The van der Waals surface area contributed by atoms with Gasteiger partial charge in [-0.2, -0.15) is 11.8 Å². The maximum Gasteiger partial charge on any atom is 0.224 e. The minimum Gasteiger partial charge on any atom is -0.354 e. The van der Waals surface area contributed by atoms with Gasteiger partial charge in [0.2, 0.25) is 5.91 Å². The Hall–Kier alpha value is -1.03. The van der Waals surface area contributed by atoms with Crippen molar-refractivity contribution in [2.75, 3.05) is 39.0 Å². The molecule has 1 aliphatic rings. The van der Waals surface area contributed by atoms with Gasteiger partial charge in [0.25, 0.3) is 0 Å². The molecule has 1 amide bonds. The molecular weight excluding hydrogens is 466 g/mol. The number of thioether (sulfide) groups is 1. The molecule has 0 bridgehead atoms. The van der Waals surface area contributed by atoms with Crippen molar-refractivity contribution in [3.63, 3.8) is 0 Å². The number of rotatable bonds is 5. The molecule has 0 saturated carbocycles. The number of halogens is 2. The Labute approximate surface area is 176 Å². The van der Waals surface area contributed by atoms with Crippen LogP contribution >= 0.6 is 35.7 Å². The van der Waals surface area contributed by atoms with Gasteiger partial charge in [0, 0.05) is 43.7 Å². The lowest BCUT2D eigenvalue weighted by molar-refractivity contribution is -0.120. The number of carbonyl (C=O) groups is 1. The third-order valence-electron chi connectivity index (χ3n) is 3.92. The van der Waals surface area contributed by atoms with E-state index in [1.165, 1.54) is 12.1 Å². The fourth-order valence-electron chi connectivity index (χ4n) is 2.80. The van der Waals surface area contributed by atoms with Gasteiger partial charge in [-0.3, -0.25) is 9.79 Å². The molecule has 0 spiro atoms. The molecular formula is C18H28FIN4OS. The van der Waals surface area contributed by atoms with Gasteiger partial charge < -0.3 is 15.5 Å². The second-order valence-electron chi connectivity index (χ2n) is 6.66. The van der Waals surface area contributed by atoms with E-state index < -0.39 is 0 Å². The first-order chi connectivity index (χ1) is 11.9. The normalized spacial score (nSPS) is 16.6. The molecule has 1 aliphatic heterocycles. The highest BCUT2D eigenvalue weighted by molar-refractivity contribution is 14.0. The number of carbonyl (C=O) groups excluding carboxylic acids is 1. The van der Waals surface area contributed by atoms with Crippen molar-refractivity contribution in [2.45, 2.75) is 25.0 Å². The number of nitrogens with zero attached hydrogens (tertiary/aromatic N) is 2. The maximum atomic E-state index is 13.1. The number of hydrogen-bond acceptors (Lipinski definition) is 3. The van der Waals surface area contributed by atoms with Crippen molar-refractivity contribution in [1.29, 1.82) is 0 Å². The van der Waals surface area contributed by atoms with Crippen molar-refractivity contribution in [1.82, 2.24) is 15.5 Å². The number of amides is 1. The van der Waals surface area contributed by atoms with Gasteiger partial charge in [-0.25, -0.2) is 4.39 Å². The van der Waals surface area contributed by atoms with E-state index >= 15 is 0 Å². The fraction of sp³-hybridized carbons (Fsp3) is 0.556. The second-order valence-corrected chi connectivity index (χ2v) is 8.46. The smallest absolute Gasteiger partial charge is 0.224 e. The van der Waals surface area contributed by atoms with E-state index in [0.717, 1.165) is 24.8 Å². The van der Waals surface area contributed by atoms with Crippen LogP contribution in [0.1, 0.15) is 19.4 Å². The molecule has 5 nitrogen and oxygen atoms in total. The minimum atomic E-state index is -0.321. The van der Waals surface area contributed by atoms with Crippen LogP contribution in [0, 0.1) is 5.82 Å². The number of benzene rings is 1. The predicted octanol–water partition coefficient (Wildman–Crippen LogP) is 2.51. The van der Waals surface area contributed by atoms with Crippen LogP contribution in [0.15, 0.2) is 29.3 Å². The van der Waals surface area contributed by atoms with Gasteiger partial charge in [-0.1, -0.05) is 12.1 Å². The topological polar surface area (TPSA) is 56.7 Å².